The molecule has 2 aromatic heterocycles. The predicted molar refractivity (Wildman–Crippen MR) is 164 cm³/mol. The van der Waals surface area contributed by atoms with Crippen LogP contribution in [0.2, 0.25) is 0 Å². The Kier molecular flexibility index (Phi) is 4.62. The Hall–Kier alpha value is -5.08. The molecular weight excluding hydrogens is 476 g/mol. The molecular formula is C37H24O2. The number of hydrogen-bond acceptors (Lipinski definition) is 2. The van der Waals surface area contributed by atoms with E-state index in [-0.39, 0.29) is 0 Å². The van der Waals surface area contributed by atoms with E-state index in [1.165, 1.54) is 27.5 Å². The zero-order valence-corrected chi connectivity index (χ0v) is 21.5. The first-order chi connectivity index (χ1) is 19.2. The van der Waals surface area contributed by atoms with Gasteiger partial charge in [-0.3, -0.25) is 0 Å². The van der Waals surface area contributed by atoms with Crippen LogP contribution >= 0.6 is 0 Å². The van der Waals surface area contributed by atoms with Crippen molar-refractivity contribution in [1.29, 1.82) is 0 Å². The van der Waals surface area contributed by atoms with Crippen molar-refractivity contribution < 1.29 is 8.83 Å². The van der Waals surface area contributed by atoms with Gasteiger partial charge in [-0.15, -0.1) is 0 Å². The number of fused-ring (bicyclic) bond motifs is 6. The largest absolute Gasteiger partial charge is 0.461 e. The minimum atomic E-state index is 0.871. The minimum Gasteiger partial charge on any atom is -0.461 e. The second-order valence-corrected chi connectivity index (χ2v) is 10.1. The highest BCUT2D eigenvalue weighted by atomic mass is 16.3. The molecule has 8 aromatic rings. The van der Waals surface area contributed by atoms with Crippen LogP contribution in [0.3, 0.4) is 0 Å². The van der Waals surface area contributed by atoms with E-state index in [4.69, 9.17) is 8.83 Å². The van der Waals surface area contributed by atoms with Crippen LogP contribution in [-0.4, -0.2) is 0 Å². The molecule has 8 rings (SSSR count). The molecule has 0 atom stereocenters. The van der Waals surface area contributed by atoms with Crippen molar-refractivity contribution in [1.82, 2.24) is 0 Å². The second-order valence-electron chi connectivity index (χ2n) is 10.1. The number of rotatable bonds is 3. The molecule has 2 heterocycles. The van der Waals surface area contributed by atoms with Gasteiger partial charge in [0.2, 0.25) is 0 Å². The number of aryl methyl sites for hydroxylation is 1. The lowest BCUT2D eigenvalue weighted by atomic mass is 9.84. The minimum absolute atomic E-state index is 0.871. The average Bonchev–Trinajstić information content (AvgIpc) is 3.49. The lowest BCUT2D eigenvalue weighted by Gasteiger charge is -2.18. The summed E-state index contributed by atoms with van der Waals surface area (Å²) in [5, 5.41) is 8.04. The highest BCUT2D eigenvalue weighted by Crippen LogP contribution is 2.47. The van der Waals surface area contributed by atoms with Crippen molar-refractivity contribution in [2.24, 2.45) is 0 Å². The Balaban J connectivity index is 1.67. The van der Waals surface area contributed by atoms with Crippen LogP contribution in [0.15, 0.2) is 125 Å². The number of furan rings is 2. The van der Waals surface area contributed by atoms with Gasteiger partial charge in [-0.25, -0.2) is 0 Å². The number of para-hydroxylation sites is 1. The van der Waals surface area contributed by atoms with E-state index in [1.807, 2.05) is 25.1 Å². The molecule has 0 unspecified atom stereocenters. The third-order valence-electron chi connectivity index (χ3n) is 7.98. The van der Waals surface area contributed by atoms with Crippen LogP contribution in [0.4, 0.5) is 0 Å². The predicted octanol–water partition coefficient (Wildman–Crippen LogP) is 10.9. The van der Waals surface area contributed by atoms with Crippen molar-refractivity contribution >= 4 is 60.5 Å². The van der Waals surface area contributed by atoms with Crippen LogP contribution < -0.4 is 0 Å². The SMILES string of the molecule is C=Cc1c(C)oc2cc3c(-c4ccccc4)c4cc5oc6ccccc6c5cc4c(-c4ccccc4)c3cc12. The van der Waals surface area contributed by atoms with Gasteiger partial charge in [0, 0.05) is 21.7 Å². The van der Waals surface area contributed by atoms with E-state index in [2.05, 4.69) is 104 Å². The van der Waals surface area contributed by atoms with Gasteiger partial charge in [-0.2, -0.15) is 0 Å². The summed E-state index contributed by atoms with van der Waals surface area (Å²) in [6.45, 7) is 6.08. The Morgan fingerprint density at radius 3 is 1.62 bits per heavy atom. The molecule has 6 aromatic carbocycles. The van der Waals surface area contributed by atoms with Gasteiger partial charge >= 0.3 is 0 Å². The van der Waals surface area contributed by atoms with Gasteiger partial charge < -0.3 is 8.83 Å². The molecule has 2 heteroatoms. The standard InChI is InChI=1S/C37H24O2/c1-3-25-22(2)38-34-20-31-29(18-27(25)34)36(23-12-6-4-7-13-23)30-19-28-26-16-10-11-17-33(26)39-35(28)21-32(30)37(31)24-14-8-5-9-15-24/h3-21H,1H2,2H3. The summed E-state index contributed by atoms with van der Waals surface area (Å²) in [5.74, 6) is 0.881. The van der Waals surface area contributed by atoms with Crippen LogP contribution in [0.25, 0.3) is 82.8 Å². The van der Waals surface area contributed by atoms with Crippen molar-refractivity contribution in [3.05, 3.63) is 127 Å². The molecule has 0 spiro atoms. The first kappa shape index (κ1) is 22.0. The summed E-state index contributed by atoms with van der Waals surface area (Å²) in [6.07, 6.45) is 1.90. The molecule has 0 saturated carbocycles. The smallest absolute Gasteiger partial charge is 0.136 e. The van der Waals surface area contributed by atoms with E-state index in [0.717, 1.165) is 60.6 Å². The third kappa shape index (κ3) is 3.15. The molecule has 0 aliphatic heterocycles. The quantitative estimate of drug-likeness (QED) is 0.226. The van der Waals surface area contributed by atoms with Crippen molar-refractivity contribution in [2.45, 2.75) is 6.92 Å². The number of benzene rings is 6. The zero-order valence-electron chi connectivity index (χ0n) is 21.5. The lowest BCUT2D eigenvalue weighted by Crippen LogP contribution is -1.91. The Bertz CT molecular complexity index is 2230. The fourth-order valence-electron chi connectivity index (χ4n) is 6.26. The Morgan fingerprint density at radius 1 is 0.487 bits per heavy atom. The molecule has 0 N–H and O–H groups in total. The van der Waals surface area contributed by atoms with E-state index in [1.54, 1.807) is 0 Å². The second kappa shape index (κ2) is 8.21. The first-order valence-corrected chi connectivity index (χ1v) is 13.2. The summed E-state index contributed by atoms with van der Waals surface area (Å²) >= 11 is 0. The van der Waals surface area contributed by atoms with E-state index in [0.29, 0.717) is 0 Å². The molecule has 0 bridgehead atoms. The van der Waals surface area contributed by atoms with Gasteiger partial charge in [-0.1, -0.05) is 91.5 Å². The molecule has 0 aliphatic rings. The summed E-state index contributed by atoms with van der Waals surface area (Å²) in [7, 11) is 0. The maximum absolute atomic E-state index is 6.38. The summed E-state index contributed by atoms with van der Waals surface area (Å²) in [4.78, 5) is 0. The zero-order chi connectivity index (χ0) is 26.1. The number of hydrogen-bond donors (Lipinski definition) is 0. The molecule has 39 heavy (non-hydrogen) atoms. The summed E-state index contributed by atoms with van der Waals surface area (Å²) < 4.78 is 12.7. The molecule has 2 nitrogen and oxygen atoms in total. The highest BCUT2D eigenvalue weighted by molar-refractivity contribution is 6.26. The van der Waals surface area contributed by atoms with Gasteiger partial charge in [0.25, 0.3) is 0 Å². The highest BCUT2D eigenvalue weighted by Gasteiger charge is 2.21. The van der Waals surface area contributed by atoms with Gasteiger partial charge in [0.1, 0.15) is 22.5 Å². The maximum atomic E-state index is 6.38. The van der Waals surface area contributed by atoms with E-state index < -0.39 is 0 Å². The van der Waals surface area contributed by atoms with E-state index in [9.17, 15) is 0 Å². The van der Waals surface area contributed by atoms with Crippen molar-refractivity contribution in [3.63, 3.8) is 0 Å². The maximum Gasteiger partial charge on any atom is 0.136 e. The topological polar surface area (TPSA) is 26.3 Å². The third-order valence-corrected chi connectivity index (χ3v) is 7.98. The molecule has 0 fully saturated rings. The lowest BCUT2D eigenvalue weighted by molar-refractivity contribution is 0.578. The fraction of sp³-hybridized carbons (Fsp3) is 0.0270. The molecule has 184 valence electrons. The monoisotopic (exact) mass is 500 g/mol. The normalized spacial score (nSPS) is 11.8. The van der Waals surface area contributed by atoms with Gasteiger partial charge in [-0.05, 0) is 81.1 Å². The molecule has 0 amide bonds. The first-order valence-electron chi connectivity index (χ1n) is 13.2. The van der Waals surface area contributed by atoms with Crippen LogP contribution in [0.1, 0.15) is 11.3 Å². The fourth-order valence-corrected chi connectivity index (χ4v) is 6.26. The molecule has 0 aliphatic carbocycles. The summed E-state index contributed by atoms with van der Waals surface area (Å²) in [6, 6.07) is 38.7. The Labute approximate surface area is 225 Å². The van der Waals surface area contributed by atoms with E-state index >= 15 is 0 Å². The van der Waals surface area contributed by atoms with Crippen molar-refractivity contribution in [3.8, 4) is 22.3 Å². The molecule has 0 radical (unpaired) electrons. The van der Waals surface area contributed by atoms with Gasteiger partial charge in [0.05, 0.1) is 0 Å². The average molecular weight is 501 g/mol. The summed E-state index contributed by atoms with van der Waals surface area (Å²) in [5.41, 5.74) is 8.44. The van der Waals surface area contributed by atoms with Crippen molar-refractivity contribution in [2.75, 3.05) is 0 Å². The van der Waals surface area contributed by atoms with Crippen LogP contribution in [-0.2, 0) is 0 Å². The molecule has 0 saturated heterocycles. The van der Waals surface area contributed by atoms with Crippen LogP contribution in [0.5, 0.6) is 0 Å². The van der Waals surface area contributed by atoms with Crippen LogP contribution in [0, 0.1) is 6.92 Å². The Morgan fingerprint density at radius 2 is 1.00 bits per heavy atom. The van der Waals surface area contributed by atoms with Gasteiger partial charge in [0.15, 0.2) is 0 Å².